The maximum atomic E-state index is 11.7. The minimum absolute atomic E-state index is 0.258. The van der Waals surface area contributed by atoms with E-state index in [2.05, 4.69) is 16.2 Å². The predicted octanol–water partition coefficient (Wildman–Crippen LogP) is 1.58. The molecule has 3 N–H and O–H groups in total. The largest absolute Gasteiger partial charge is 0.382 e. The number of benzene rings is 1. The molecule has 0 bridgehead atoms. The average Bonchev–Trinajstić information content (AvgIpc) is 2.49. The number of carbonyl (C=O) groups is 1. The summed E-state index contributed by atoms with van der Waals surface area (Å²) in [6.07, 6.45) is 0. The van der Waals surface area contributed by atoms with Gasteiger partial charge in [0.1, 0.15) is 0 Å². The third kappa shape index (κ3) is 7.18. The van der Waals surface area contributed by atoms with Gasteiger partial charge < -0.3 is 14.8 Å². The molecule has 2 amide bonds. The molecule has 7 heteroatoms. The van der Waals surface area contributed by atoms with Crippen molar-refractivity contribution in [2.45, 2.75) is 6.04 Å². The van der Waals surface area contributed by atoms with Gasteiger partial charge in [-0.1, -0.05) is 18.2 Å². The number of rotatable bonds is 9. The maximum Gasteiger partial charge on any atom is 0.333 e. The first-order chi connectivity index (χ1) is 9.76. The van der Waals surface area contributed by atoms with Gasteiger partial charge in [0.05, 0.1) is 31.5 Å². The van der Waals surface area contributed by atoms with Gasteiger partial charge in [0.15, 0.2) is 0 Å². The zero-order chi connectivity index (χ0) is 14.6. The Morgan fingerprint density at radius 2 is 2.05 bits per heavy atom. The van der Waals surface area contributed by atoms with E-state index in [0.717, 1.165) is 5.69 Å². The number of alkyl halides is 1. The van der Waals surface area contributed by atoms with E-state index < -0.39 is 0 Å². The number of carbonyl (C=O) groups excluding carboxylic acids is 1. The third-order valence-electron chi connectivity index (χ3n) is 2.37. The molecule has 0 aliphatic heterocycles. The Balaban J connectivity index is 2.21. The number of para-hydroxylation sites is 1. The molecule has 0 fully saturated rings. The first-order valence-electron chi connectivity index (χ1n) is 6.26. The Kier molecular flexibility index (Phi) is 8.53. The molecule has 0 radical (unpaired) electrons. The van der Waals surface area contributed by atoms with Crippen LogP contribution in [0.25, 0.3) is 0 Å². The van der Waals surface area contributed by atoms with Crippen LogP contribution in [0, 0.1) is 0 Å². The van der Waals surface area contributed by atoms with E-state index in [1.807, 2.05) is 30.3 Å². The van der Waals surface area contributed by atoms with Gasteiger partial charge in [-0.2, -0.15) is 0 Å². The molecular formula is C13H20ClN3O3. The van der Waals surface area contributed by atoms with Crippen molar-refractivity contribution in [1.82, 2.24) is 10.7 Å². The Hall–Kier alpha value is -1.50. The van der Waals surface area contributed by atoms with Gasteiger partial charge in [0, 0.05) is 13.0 Å². The second-order valence-electron chi connectivity index (χ2n) is 4.01. The van der Waals surface area contributed by atoms with Gasteiger partial charge in [-0.05, 0) is 12.1 Å². The Labute approximate surface area is 123 Å². The molecule has 0 aliphatic carbocycles. The summed E-state index contributed by atoms with van der Waals surface area (Å²) >= 11 is 5.77. The lowest BCUT2D eigenvalue weighted by atomic mass is 10.3. The molecule has 1 aromatic carbocycles. The lowest BCUT2D eigenvalue weighted by Gasteiger charge is -2.17. The quantitative estimate of drug-likeness (QED) is 0.368. The van der Waals surface area contributed by atoms with Crippen LogP contribution in [0.1, 0.15) is 0 Å². The van der Waals surface area contributed by atoms with E-state index in [1.165, 1.54) is 0 Å². The van der Waals surface area contributed by atoms with Crippen molar-refractivity contribution in [1.29, 1.82) is 0 Å². The summed E-state index contributed by atoms with van der Waals surface area (Å²) in [4.78, 5) is 11.7. The molecule has 1 unspecified atom stereocenters. The highest BCUT2D eigenvalue weighted by atomic mass is 35.5. The summed E-state index contributed by atoms with van der Waals surface area (Å²) in [7, 11) is 1.60. The van der Waals surface area contributed by atoms with Crippen molar-refractivity contribution in [2.24, 2.45) is 0 Å². The topological polar surface area (TPSA) is 71.6 Å². The van der Waals surface area contributed by atoms with E-state index in [9.17, 15) is 4.79 Å². The zero-order valence-corrected chi connectivity index (χ0v) is 12.2. The monoisotopic (exact) mass is 301 g/mol. The summed E-state index contributed by atoms with van der Waals surface area (Å²) in [5.41, 5.74) is 6.10. The molecule has 1 aromatic rings. The van der Waals surface area contributed by atoms with Crippen LogP contribution < -0.4 is 16.2 Å². The fourth-order valence-electron chi connectivity index (χ4n) is 1.36. The van der Waals surface area contributed by atoms with Crippen molar-refractivity contribution in [3.63, 3.8) is 0 Å². The summed E-state index contributed by atoms with van der Waals surface area (Å²) < 4.78 is 10.2. The van der Waals surface area contributed by atoms with Crippen LogP contribution in [0.5, 0.6) is 0 Å². The first-order valence-corrected chi connectivity index (χ1v) is 6.80. The molecule has 0 aromatic heterocycles. The summed E-state index contributed by atoms with van der Waals surface area (Å²) in [6, 6.07) is 8.69. The van der Waals surface area contributed by atoms with Crippen LogP contribution in [0.15, 0.2) is 30.3 Å². The standard InChI is InChI=1S/C13H20ClN3O3/c1-19-7-8-20-10-12(9-14)15-13(18)17-16-11-5-3-2-4-6-11/h2-6,12,16H,7-10H2,1H3,(H2,15,17,18). The van der Waals surface area contributed by atoms with E-state index in [1.54, 1.807) is 7.11 Å². The van der Waals surface area contributed by atoms with E-state index in [-0.39, 0.29) is 18.0 Å². The van der Waals surface area contributed by atoms with E-state index >= 15 is 0 Å². The number of amides is 2. The molecule has 0 saturated heterocycles. The highest BCUT2D eigenvalue weighted by Crippen LogP contribution is 2.02. The van der Waals surface area contributed by atoms with Gasteiger partial charge in [-0.25, -0.2) is 4.79 Å². The second-order valence-corrected chi connectivity index (χ2v) is 4.32. The van der Waals surface area contributed by atoms with Crippen LogP contribution >= 0.6 is 11.6 Å². The number of nitrogens with one attached hydrogen (secondary N) is 3. The summed E-state index contributed by atoms with van der Waals surface area (Å²) in [5.74, 6) is 0.270. The van der Waals surface area contributed by atoms with Crippen LogP contribution in [-0.2, 0) is 9.47 Å². The van der Waals surface area contributed by atoms with Gasteiger partial charge in [-0.3, -0.25) is 10.9 Å². The number of hydrogen-bond donors (Lipinski definition) is 3. The van der Waals surface area contributed by atoms with Gasteiger partial charge in [-0.15, -0.1) is 11.6 Å². The molecule has 0 heterocycles. The molecule has 0 aliphatic rings. The molecule has 20 heavy (non-hydrogen) atoms. The van der Waals surface area contributed by atoms with Crippen molar-refractivity contribution in [3.8, 4) is 0 Å². The maximum absolute atomic E-state index is 11.7. The molecule has 6 nitrogen and oxygen atoms in total. The lowest BCUT2D eigenvalue weighted by molar-refractivity contribution is 0.0626. The van der Waals surface area contributed by atoms with Crippen molar-refractivity contribution in [2.75, 3.05) is 38.2 Å². The van der Waals surface area contributed by atoms with Gasteiger partial charge >= 0.3 is 6.03 Å². The van der Waals surface area contributed by atoms with Crippen molar-refractivity contribution in [3.05, 3.63) is 30.3 Å². The average molecular weight is 302 g/mol. The van der Waals surface area contributed by atoms with Crippen LogP contribution in [0.2, 0.25) is 0 Å². The van der Waals surface area contributed by atoms with Gasteiger partial charge in [0.2, 0.25) is 0 Å². The minimum atomic E-state index is -0.366. The highest BCUT2D eigenvalue weighted by molar-refractivity contribution is 6.18. The second kappa shape index (κ2) is 10.3. The number of anilines is 1. The third-order valence-corrected chi connectivity index (χ3v) is 2.74. The number of halogens is 1. The molecule has 112 valence electrons. The Morgan fingerprint density at radius 1 is 1.30 bits per heavy atom. The molecule has 1 atom stereocenters. The fraction of sp³-hybridized carbons (Fsp3) is 0.462. The zero-order valence-electron chi connectivity index (χ0n) is 11.4. The highest BCUT2D eigenvalue weighted by Gasteiger charge is 2.11. The van der Waals surface area contributed by atoms with Gasteiger partial charge in [0.25, 0.3) is 0 Å². The van der Waals surface area contributed by atoms with Crippen LogP contribution in [-0.4, -0.2) is 44.9 Å². The fourth-order valence-corrected chi connectivity index (χ4v) is 1.53. The molecule has 0 saturated carbocycles. The molecule has 0 spiro atoms. The Morgan fingerprint density at radius 3 is 2.70 bits per heavy atom. The van der Waals surface area contributed by atoms with Crippen molar-refractivity contribution >= 4 is 23.3 Å². The van der Waals surface area contributed by atoms with Crippen LogP contribution in [0.3, 0.4) is 0 Å². The minimum Gasteiger partial charge on any atom is -0.382 e. The van der Waals surface area contributed by atoms with Crippen LogP contribution in [0.4, 0.5) is 10.5 Å². The summed E-state index contributed by atoms with van der Waals surface area (Å²) in [6.45, 7) is 1.32. The molecular weight excluding hydrogens is 282 g/mol. The first kappa shape index (κ1) is 16.6. The van der Waals surface area contributed by atoms with E-state index in [0.29, 0.717) is 19.8 Å². The summed E-state index contributed by atoms with van der Waals surface area (Å²) in [5, 5.41) is 2.70. The van der Waals surface area contributed by atoms with Crippen molar-refractivity contribution < 1.29 is 14.3 Å². The predicted molar refractivity (Wildman–Crippen MR) is 78.9 cm³/mol. The normalized spacial score (nSPS) is 11.7. The number of methoxy groups -OCH3 is 1. The smallest absolute Gasteiger partial charge is 0.333 e. The molecule has 1 rings (SSSR count). The number of hydrazine groups is 1. The lowest BCUT2D eigenvalue weighted by Crippen LogP contribution is -2.47. The number of hydrogen-bond acceptors (Lipinski definition) is 4. The SMILES string of the molecule is COCCOCC(CCl)NC(=O)NNc1ccccc1. The number of ether oxygens (including phenoxy) is 2. The number of urea groups is 1. The van der Waals surface area contributed by atoms with E-state index in [4.69, 9.17) is 21.1 Å². The Bertz CT molecular complexity index is 378.